The SMILES string of the molecule is CC1CN(C(=O)OC(C)(C)C)CCN1c1nc(Cl)ncc1I. The zero-order chi connectivity index (χ0) is 16.5. The van der Waals surface area contributed by atoms with Gasteiger partial charge >= 0.3 is 6.09 Å². The Labute approximate surface area is 149 Å². The first-order valence-electron chi connectivity index (χ1n) is 7.10. The Kier molecular flexibility index (Phi) is 5.37. The van der Waals surface area contributed by atoms with Gasteiger partial charge in [-0.3, -0.25) is 0 Å². The summed E-state index contributed by atoms with van der Waals surface area (Å²) in [5.74, 6) is 0.817. The third-order valence-corrected chi connectivity index (χ3v) is 4.19. The highest BCUT2D eigenvalue weighted by Gasteiger charge is 2.31. The summed E-state index contributed by atoms with van der Waals surface area (Å²) in [6.45, 7) is 9.54. The van der Waals surface area contributed by atoms with Crippen molar-refractivity contribution in [1.82, 2.24) is 14.9 Å². The van der Waals surface area contributed by atoms with Crippen LogP contribution in [-0.4, -0.2) is 52.2 Å². The van der Waals surface area contributed by atoms with Crippen molar-refractivity contribution >= 4 is 46.1 Å². The summed E-state index contributed by atoms with van der Waals surface area (Å²) in [4.78, 5) is 24.3. The van der Waals surface area contributed by atoms with Crippen LogP contribution < -0.4 is 4.90 Å². The molecule has 8 heteroatoms. The number of rotatable bonds is 1. The maximum Gasteiger partial charge on any atom is 0.410 e. The third kappa shape index (κ3) is 4.34. The van der Waals surface area contributed by atoms with Gasteiger partial charge in [0.2, 0.25) is 5.28 Å². The molecule has 1 amide bonds. The number of piperazine rings is 1. The second kappa shape index (κ2) is 6.74. The van der Waals surface area contributed by atoms with E-state index in [1.807, 2.05) is 20.8 Å². The molecule has 0 N–H and O–H groups in total. The van der Waals surface area contributed by atoms with Crippen molar-refractivity contribution in [3.05, 3.63) is 15.1 Å². The summed E-state index contributed by atoms with van der Waals surface area (Å²) in [6, 6.07) is 0.126. The maximum atomic E-state index is 12.2. The third-order valence-electron chi connectivity index (χ3n) is 3.25. The molecule has 2 rings (SSSR count). The van der Waals surface area contributed by atoms with Crippen molar-refractivity contribution in [3.8, 4) is 0 Å². The summed E-state index contributed by atoms with van der Waals surface area (Å²) < 4.78 is 6.37. The number of carbonyl (C=O) groups excluding carboxylic acids is 1. The zero-order valence-electron chi connectivity index (χ0n) is 13.1. The van der Waals surface area contributed by atoms with Gasteiger partial charge in [-0.1, -0.05) is 0 Å². The van der Waals surface area contributed by atoms with Gasteiger partial charge < -0.3 is 14.5 Å². The van der Waals surface area contributed by atoms with Crippen molar-refractivity contribution in [3.63, 3.8) is 0 Å². The van der Waals surface area contributed by atoms with Crippen molar-refractivity contribution < 1.29 is 9.53 Å². The lowest BCUT2D eigenvalue weighted by molar-refractivity contribution is 0.0218. The minimum absolute atomic E-state index is 0.126. The lowest BCUT2D eigenvalue weighted by Crippen LogP contribution is -2.55. The lowest BCUT2D eigenvalue weighted by Gasteiger charge is -2.41. The van der Waals surface area contributed by atoms with Gasteiger partial charge in [-0.15, -0.1) is 0 Å². The molecule has 1 aliphatic rings. The van der Waals surface area contributed by atoms with E-state index in [9.17, 15) is 4.79 Å². The highest BCUT2D eigenvalue weighted by molar-refractivity contribution is 14.1. The number of anilines is 1. The molecule has 0 aromatic carbocycles. The van der Waals surface area contributed by atoms with Gasteiger partial charge in [-0.25, -0.2) is 9.78 Å². The van der Waals surface area contributed by atoms with Crippen LogP contribution in [0, 0.1) is 3.57 Å². The second-order valence-corrected chi connectivity index (χ2v) is 7.78. The van der Waals surface area contributed by atoms with Crippen molar-refractivity contribution in [2.45, 2.75) is 39.3 Å². The largest absolute Gasteiger partial charge is 0.444 e. The van der Waals surface area contributed by atoms with E-state index in [1.54, 1.807) is 11.1 Å². The molecule has 1 saturated heterocycles. The molecule has 0 spiro atoms. The van der Waals surface area contributed by atoms with Gasteiger partial charge in [-0.2, -0.15) is 4.98 Å². The summed E-state index contributed by atoms with van der Waals surface area (Å²) in [6.07, 6.45) is 1.44. The van der Waals surface area contributed by atoms with E-state index in [4.69, 9.17) is 16.3 Å². The summed E-state index contributed by atoms with van der Waals surface area (Å²) >= 11 is 8.09. The topological polar surface area (TPSA) is 58.6 Å². The Hall–Kier alpha value is -0.830. The van der Waals surface area contributed by atoms with E-state index in [-0.39, 0.29) is 17.4 Å². The molecule has 1 unspecified atom stereocenters. The molecule has 1 aromatic heterocycles. The van der Waals surface area contributed by atoms with Gasteiger partial charge in [0.1, 0.15) is 11.4 Å². The van der Waals surface area contributed by atoms with Crippen LogP contribution in [0.15, 0.2) is 6.20 Å². The molecule has 0 aliphatic carbocycles. The predicted molar refractivity (Wildman–Crippen MR) is 94.4 cm³/mol. The number of carbonyl (C=O) groups is 1. The van der Waals surface area contributed by atoms with Crippen LogP contribution in [0.3, 0.4) is 0 Å². The van der Waals surface area contributed by atoms with Crippen LogP contribution in [0.5, 0.6) is 0 Å². The molecule has 122 valence electrons. The van der Waals surface area contributed by atoms with E-state index in [0.717, 1.165) is 9.39 Å². The maximum absolute atomic E-state index is 12.2. The Bertz CT molecular complexity index is 564. The molecule has 1 fully saturated rings. The number of amides is 1. The van der Waals surface area contributed by atoms with Gasteiger partial charge in [-0.05, 0) is 61.9 Å². The first-order chi connectivity index (χ1) is 10.2. The fraction of sp³-hybridized carbons (Fsp3) is 0.643. The number of ether oxygens (including phenoxy) is 1. The Morgan fingerprint density at radius 3 is 2.73 bits per heavy atom. The number of aromatic nitrogens is 2. The lowest BCUT2D eigenvalue weighted by atomic mass is 10.2. The van der Waals surface area contributed by atoms with Crippen LogP contribution >= 0.6 is 34.2 Å². The predicted octanol–water partition coefficient (Wildman–Crippen LogP) is 3.18. The number of hydrogen-bond acceptors (Lipinski definition) is 5. The van der Waals surface area contributed by atoms with Crippen molar-refractivity contribution in [1.29, 1.82) is 0 Å². The molecule has 1 aliphatic heterocycles. The molecule has 22 heavy (non-hydrogen) atoms. The van der Waals surface area contributed by atoms with E-state index in [0.29, 0.717) is 19.6 Å². The molecular formula is C14H20ClIN4O2. The Morgan fingerprint density at radius 1 is 1.45 bits per heavy atom. The van der Waals surface area contributed by atoms with Crippen molar-refractivity contribution in [2.75, 3.05) is 24.5 Å². The molecule has 1 aromatic rings. The number of hydrogen-bond donors (Lipinski definition) is 0. The second-order valence-electron chi connectivity index (χ2n) is 6.28. The summed E-state index contributed by atoms with van der Waals surface area (Å²) in [7, 11) is 0. The number of halogens is 2. The van der Waals surface area contributed by atoms with Crippen LogP contribution in [0.25, 0.3) is 0 Å². The van der Waals surface area contributed by atoms with E-state index >= 15 is 0 Å². The van der Waals surface area contributed by atoms with Crippen LogP contribution in [-0.2, 0) is 4.74 Å². The minimum atomic E-state index is -0.479. The standard InChI is InChI=1S/C14H20ClIN4O2/c1-9-8-19(13(21)22-14(2,3)4)5-6-20(9)11-10(16)7-17-12(15)18-11/h7,9H,5-6,8H2,1-4H3. The fourth-order valence-corrected chi connectivity index (χ4v) is 3.00. The molecule has 0 bridgehead atoms. The van der Waals surface area contributed by atoms with Crippen LogP contribution in [0.4, 0.5) is 10.6 Å². The molecular weight excluding hydrogens is 419 g/mol. The average molecular weight is 439 g/mol. The minimum Gasteiger partial charge on any atom is -0.444 e. The number of nitrogens with zero attached hydrogens (tertiary/aromatic N) is 4. The van der Waals surface area contributed by atoms with Crippen LogP contribution in [0.1, 0.15) is 27.7 Å². The molecule has 0 radical (unpaired) electrons. The highest BCUT2D eigenvalue weighted by atomic mass is 127. The van der Waals surface area contributed by atoms with Crippen molar-refractivity contribution in [2.24, 2.45) is 0 Å². The Morgan fingerprint density at radius 2 is 2.14 bits per heavy atom. The summed E-state index contributed by atoms with van der Waals surface area (Å²) in [5.41, 5.74) is -0.479. The normalized spacial score (nSPS) is 19.3. The van der Waals surface area contributed by atoms with E-state index < -0.39 is 5.60 Å². The first-order valence-corrected chi connectivity index (χ1v) is 8.55. The average Bonchev–Trinajstić information content (AvgIpc) is 2.40. The Balaban J connectivity index is 2.07. The van der Waals surface area contributed by atoms with E-state index in [2.05, 4.69) is 44.4 Å². The van der Waals surface area contributed by atoms with Gasteiger partial charge in [0, 0.05) is 31.9 Å². The molecule has 2 heterocycles. The monoisotopic (exact) mass is 438 g/mol. The van der Waals surface area contributed by atoms with Gasteiger partial charge in [0.05, 0.1) is 3.57 Å². The first kappa shape index (κ1) is 17.5. The van der Waals surface area contributed by atoms with Crippen LogP contribution in [0.2, 0.25) is 5.28 Å². The summed E-state index contributed by atoms with van der Waals surface area (Å²) in [5, 5.41) is 0.234. The molecule has 0 saturated carbocycles. The van der Waals surface area contributed by atoms with Gasteiger partial charge in [0.15, 0.2) is 0 Å². The van der Waals surface area contributed by atoms with Gasteiger partial charge in [0.25, 0.3) is 0 Å². The molecule has 6 nitrogen and oxygen atoms in total. The highest BCUT2D eigenvalue weighted by Crippen LogP contribution is 2.25. The van der Waals surface area contributed by atoms with E-state index in [1.165, 1.54) is 0 Å². The quantitative estimate of drug-likeness (QED) is 0.498. The smallest absolute Gasteiger partial charge is 0.410 e. The fourth-order valence-electron chi connectivity index (χ4n) is 2.30. The zero-order valence-corrected chi connectivity index (χ0v) is 16.1. The molecule has 1 atom stereocenters.